The fraction of sp³-hybridized carbons (Fsp3) is 0.125. The zero-order chi connectivity index (χ0) is 21.4. The van der Waals surface area contributed by atoms with Crippen molar-refractivity contribution in [1.29, 1.82) is 0 Å². The van der Waals surface area contributed by atoms with Crippen LogP contribution in [0.5, 0.6) is 0 Å². The average Bonchev–Trinajstić information content (AvgIpc) is 3.01. The van der Waals surface area contributed by atoms with Crippen molar-refractivity contribution >= 4 is 34.7 Å². The Labute approximate surface area is 179 Å². The highest BCUT2D eigenvalue weighted by atomic mass is 35.5. The number of carbonyl (C=O) groups is 2. The van der Waals surface area contributed by atoms with Gasteiger partial charge in [0, 0.05) is 28.7 Å². The van der Waals surface area contributed by atoms with Gasteiger partial charge >= 0.3 is 0 Å². The number of rotatable bonds is 3. The first-order valence-electron chi connectivity index (χ1n) is 9.42. The van der Waals surface area contributed by atoms with Gasteiger partial charge in [-0.1, -0.05) is 29.8 Å². The summed E-state index contributed by atoms with van der Waals surface area (Å²) in [7, 11) is 0. The van der Waals surface area contributed by atoms with E-state index < -0.39 is 17.7 Å². The van der Waals surface area contributed by atoms with Crippen molar-refractivity contribution in [3.8, 4) is 0 Å². The van der Waals surface area contributed by atoms with Crippen molar-refractivity contribution in [3.63, 3.8) is 0 Å². The number of aliphatic hydroxyl groups excluding tert-OH is 1. The standard InChI is InChI=1S/C24H19ClN2O3/c1-14-6-7-19(12-15(14)2)27-21(16-8-10-26-11-9-16)20(23(29)24(27)30)22(28)17-4-3-5-18(25)13-17/h3-13,21,28H,1-2H3/b22-20+. The second-order valence-electron chi connectivity index (χ2n) is 7.23. The second-order valence-corrected chi connectivity index (χ2v) is 7.66. The molecule has 3 aromatic rings. The van der Waals surface area contributed by atoms with Crippen LogP contribution in [0.1, 0.15) is 28.3 Å². The molecule has 2 aromatic carbocycles. The topological polar surface area (TPSA) is 70.5 Å². The second kappa shape index (κ2) is 7.76. The van der Waals surface area contributed by atoms with Gasteiger partial charge in [-0.2, -0.15) is 0 Å². The number of hydrogen-bond donors (Lipinski definition) is 1. The van der Waals surface area contributed by atoms with E-state index >= 15 is 0 Å². The van der Waals surface area contributed by atoms with Crippen molar-refractivity contribution in [2.75, 3.05) is 4.90 Å². The summed E-state index contributed by atoms with van der Waals surface area (Å²) in [4.78, 5) is 31.6. The number of Topliss-reactive ketones (excluding diaryl/α,β-unsaturated/α-hetero) is 1. The van der Waals surface area contributed by atoms with Crippen LogP contribution in [0, 0.1) is 13.8 Å². The molecule has 0 spiro atoms. The molecule has 1 unspecified atom stereocenters. The van der Waals surface area contributed by atoms with Crippen LogP contribution in [0.15, 0.2) is 72.6 Å². The van der Waals surface area contributed by atoms with Crippen molar-refractivity contribution in [3.05, 3.63) is 99.8 Å². The molecule has 150 valence electrons. The molecule has 0 radical (unpaired) electrons. The van der Waals surface area contributed by atoms with E-state index in [2.05, 4.69) is 4.98 Å². The minimum Gasteiger partial charge on any atom is -0.507 e. The SMILES string of the molecule is Cc1ccc(N2C(=O)C(=O)/C(=C(/O)c3cccc(Cl)c3)C2c2ccncc2)cc1C. The molecule has 2 heterocycles. The number of anilines is 1. The first-order valence-corrected chi connectivity index (χ1v) is 9.80. The average molecular weight is 419 g/mol. The quantitative estimate of drug-likeness (QED) is 0.370. The largest absolute Gasteiger partial charge is 0.507 e. The summed E-state index contributed by atoms with van der Waals surface area (Å²) in [6.45, 7) is 3.93. The zero-order valence-electron chi connectivity index (χ0n) is 16.5. The van der Waals surface area contributed by atoms with Gasteiger partial charge in [0.2, 0.25) is 0 Å². The molecular weight excluding hydrogens is 400 g/mol. The number of pyridine rings is 1. The number of aliphatic hydroxyl groups is 1. The molecule has 5 nitrogen and oxygen atoms in total. The number of benzene rings is 2. The number of amides is 1. The Kier molecular flexibility index (Phi) is 5.14. The Morgan fingerprint density at radius 2 is 1.73 bits per heavy atom. The Hall–Kier alpha value is -3.44. The summed E-state index contributed by atoms with van der Waals surface area (Å²) in [5.41, 5.74) is 3.73. The molecule has 1 amide bonds. The Bertz CT molecular complexity index is 1190. The maximum atomic E-state index is 13.1. The normalized spacial score (nSPS) is 18.1. The molecule has 4 rings (SSSR count). The molecule has 1 atom stereocenters. The van der Waals surface area contributed by atoms with E-state index in [1.807, 2.05) is 26.0 Å². The minimum absolute atomic E-state index is 0.0201. The van der Waals surface area contributed by atoms with E-state index in [1.165, 1.54) is 4.90 Å². The predicted molar refractivity (Wildman–Crippen MR) is 116 cm³/mol. The highest BCUT2D eigenvalue weighted by molar-refractivity contribution is 6.51. The van der Waals surface area contributed by atoms with Gasteiger partial charge in [0.1, 0.15) is 5.76 Å². The van der Waals surface area contributed by atoms with Gasteiger partial charge in [0.25, 0.3) is 11.7 Å². The monoisotopic (exact) mass is 418 g/mol. The van der Waals surface area contributed by atoms with Gasteiger partial charge in [-0.25, -0.2) is 0 Å². The first kappa shape index (κ1) is 19.9. The van der Waals surface area contributed by atoms with Crippen LogP contribution in [-0.4, -0.2) is 21.8 Å². The molecule has 0 aliphatic carbocycles. The van der Waals surface area contributed by atoms with Gasteiger partial charge in [0.05, 0.1) is 11.6 Å². The van der Waals surface area contributed by atoms with Gasteiger partial charge in [-0.15, -0.1) is 0 Å². The molecule has 0 saturated carbocycles. The summed E-state index contributed by atoms with van der Waals surface area (Å²) in [5.74, 6) is -1.69. The molecular formula is C24H19ClN2O3. The van der Waals surface area contributed by atoms with Crippen LogP contribution in [0.25, 0.3) is 5.76 Å². The third kappa shape index (κ3) is 3.37. The lowest BCUT2D eigenvalue weighted by molar-refractivity contribution is -0.132. The summed E-state index contributed by atoms with van der Waals surface area (Å²) >= 11 is 6.07. The van der Waals surface area contributed by atoms with Crippen molar-refractivity contribution in [1.82, 2.24) is 4.98 Å². The third-order valence-corrected chi connectivity index (χ3v) is 5.57. The first-order chi connectivity index (χ1) is 14.4. The van der Waals surface area contributed by atoms with E-state index in [4.69, 9.17) is 11.6 Å². The Morgan fingerprint density at radius 3 is 2.40 bits per heavy atom. The lowest BCUT2D eigenvalue weighted by Crippen LogP contribution is -2.29. The van der Waals surface area contributed by atoms with Gasteiger partial charge < -0.3 is 5.11 Å². The van der Waals surface area contributed by atoms with E-state index in [-0.39, 0.29) is 11.3 Å². The Morgan fingerprint density at radius 1 is 1.00 bits per heavy atom. The molecule has 0 bridgehead atoms. The zero-order valence-corrected chi connectivity index (χ0v) is 17.2. The lowest BCUT2D eigenvalue weighted by Gasteiger charge is -2.26. The summed E-state index contributed by atoms with van der Waals surface area (Å²) < 4.78 is 0. The van der Waals surface area contributed by atoms with Gasteiger partial charge in [-0.3, -0.25) is 19.5 Å². The van der Waals surface area contributed by atoms with Crippen LogP contribution in [-0.2, 0) is 9.59 Å². The third-order valence-electron chi connectivity index (χ3n) is 5.33. The van der Waals surface area contributed by atoms with E-state index in [9.17, 15) is 14.7 Å². The highest BCUT2D eigenvalue weighted by Gasteiger charge is 2.47. The maximum absolute atomic E-state index is 13.1. The molecule has 1 fully saturated rings. The summed E-state index contributed by atoms with van der Waals surface area (Å²) in [6.07, 6.45) is 3.18. The Balaban J connectivity index is 1.96. The van der Waals surface area contributed by atoms with Gasteiger partial charge in [-0.05, 0) is 66.9 Å². The molecule has 1 aliphatic heterocycles. The lowest BCUT2D eigenvalue weighted by atomic mass is 9.95. The molecule has 1 N–H and O–H groups in total. The van der Waals surface area contributed by atoms with Crippen LogP contribution in [0.3, 0.4) is 0 Å². The van der Waals surface area contributed by atoms with Crippen LogP contribution < -0.4 is 4.90 Å². The fourth-order valence-corrected chi connectivity index (χ4v) is 3.82. The smallest absolute Gasteiger partial charge is 0.300 e. The number of aromatic nitrogens is 1. The number of hydrogen-bond acceptors (Lipinski definition) is 4. The van der Waals surface area contributed by atoms with Crippen LogP contribution >= 0.6 is 11.6 Å². The number of carbonyl (C=O) groups excluding carboxylic acids is 2. The van der Waals surface area contributed by atoms with E-state index in [1.54, 1.807) is 54.9 Å². The van der Waals surface area contributed by atoms with E-state index in [0.29, 0.717) is 21.8 Å². The maximum Gasteiger partial charge on any atom is 0.300 e. The fourth-order valence-electron chi connectivity index (χ4n) is 3.63. The summed E-state index contributed by atoms with van der Waals surface area (Å²) in [6, 6.07) is 14.8. The number of halogens is 1. The molecule has 1 saturated heterocycles. The number of nitrogens with zero attached hydrogens (tertiary/aromatic N) is 2. The predicted octanol–water partition coefficient (Wildman–Crippen LogP) is 4.98. The van der Waals surface area contributed by atoms with Crippen LogP contribution in [0.2, 0.25) is 5.02 Å². The minimum atomic E-state index is -0.783. The molecule has 1 aliphatic rings. The van der Waals surface area contributed by atoms with Gasteiger partial charge in [0.15, 0.2) is 0 Å². The number of ketones is 1. The molecule has 6 heteroatoms. The molecule has 1 aromatic heterocycles. The van der Waals surface area contributed by atoms with Crippen LogP contribution in [0.4, 0.5) is 5.69 Å². The summed E-state index contributed by atoms with van der Waals surface area (Å²) in [5, 5.41) is 11.5. The molecule has 30 heavy (non-hydrogen) atoms. The highest BCUT2D eigenvalue weighted by Crippen LogP contribution is 2.42. The number of aryl methyl sites for hydroxylation is 2. The van der Waals surface area contributed by atoms with Crippen molar-refractivity contribution < 1.29 is 14.7 Å². The van der Waals surface area contributed by atoms with Crippen molar-refractivity contribution in [2.24, 2.45) is 0 Å². The van der Waals surface area contributed by atoms with Crippen molar-refractivity contribution in [2.45, 2.75) is 19.9 Å². The van der Waals surface area contributed by atoms with E-state index in [0.717, 1.165) is 11.1 Å².